The molecule has 0 aliphatic rings. The lowest BCUT2D eigenvalue weighted by Gasteiger charge is -1.71. The van der Waals surface area contributed by atoms with Crippen molar-refractivity contribution in [3.8, 4) is 0 Å². The average molecular weight is 111 g/mol. The van der Waals surface area contributed by atoms with Crippen molar-refractivity contribution in [3.63, 3.8) is 0 Å². The van der Waals surface area contributed by atoms with Gasteiger partial charge in [-0.05, 0) is 25.5 Å². The SMILES string of the molecule is C.Cc1c[nH]c(C)c1. The van der Waals surface area contributed by atoms with Gasteiger partial charge in [-0.15, -0.1) is 0 Å². The maximum absolute atomic E-state index is 3.07. The topological polar surface area (TPSA) is 15.8 Å². The second-order valence-electron chi connectivity index (χ2n) is 1.86. The molecule has 1 N–H and O–H groups in total. The van der Waals surface area contributed by atoms with Gasteiger partial charge < -0.3 is 4.98 Å². The van der Waals surface area contributed by atoms with E-state index >= 15 is 0 Å². The van der Waals surface area contributed by atoms with Crippen LogP contribution < -0.4 is 0 Å². The van der Waals surface area contributed by atoms with Crippen LogP contribution in [0.25, 0.3) is 0 Å². The molecular weight excluding hydrogens is 98.1 g/mol. The van der Waals surface area contributed by atoms with Crippen LogP contribution in [0.3, 0.4) is 0 Å². The van der Waals surface area contributed by atoms with Crippen molar-refractivity contribution in [2.45, 2.75) is 21.3 Å². The fraction of sp³-hybridized carbons (Fsp3) is 0.429. The zero-order valence-corrected chi connectivity index (χ0v) is 4.65. The Bertz CT molecular complexity index is 137. The highest BCUT2D eigenvalue weighted by atomic mass is 14.7. The summed E-state index contributed by atoms with van der Waals surface area (Å²) in [4.78, 5) is 3.07. The Labute approximate surface area is 50.7 Å². The summed E-state index contributed by atoms with van der Waals surface area (Å²) in [6.07, 6.45) is 2.00. The molecule has 0 saturated heterocycles. The van der Waals surface area contributed by atoms with Crippen molar-refractivity contribution in [2.24, 2.45) is 0 Å². The van der Waals surface area contributed by atoms with Crippen LogP contribution in [-0.4, -0.2) is 4.98 Å². The summed E-state index contributed by atoms with van der Waals surface area (Å²) in [5, 5.41) is 0. The third kappa shape index (κ3) is 1.41. The summed E-state index contributed by atoms with van der Waals surface area (Å²) in [6.45, 7) is 4.12. The molecule has 1 heteroatoms. The minimum absolute atomic E-state index is 0. The molecule has 1 heterocycles. The van der Waals surface area contributed by atoms with Gasteiger partial charge in [-0.2, -0.15) is 0 Å². The molecule has 1 nitrogen and oxygen atoms in total. The van der Waals surface area contributed by atoms with Gasteiger partial charge in [-0.1, -0.05) is 7.43 Å². The van der Waals surface area contributed by atoms with E-state index in [1.54, 1.807) is 0 Å². The van der Waals surface area contributed by atoms with Gasteiger partial charge in [0.15, 0.2) is 0 Å². The molecule has 8 heavy (non-hydrogen) atoms. The molecule has 0 aromatic carbocycles. The minimum atomic E-state index is 0. The first kappa shape index (κ1) is 7.28. The van der Waals surface area contributed by atoms with Gasteiger partial charge >= 0.3 is 0 Å². The lowest BCUT2D eigenvalue weighted by atomic mass is 10.4. The monoisotopic (exact) mass is 111 g/mol. The first-order valence-corrected chi connectivity index (χ1v) is 2.40. The fourth-order valence-electron chi connectivity index (χ4n) is 0.653. The summed E-state index contributed by atoms with van der Waals surface area (Å²) in [5.41, 5.74) is 2.54. The Balaban J connectivity index is 0.000000490. The van der Waals surface area contributed by atoms with Crippen molar-refractivity contribution in [3.05, 3.63) is 23.5 Å². The van der Waals surface area contributed by atoms with E-state index in [9.17, 15) is 0 Å². The van der Waals surface area contributed by atoms with E-state index in [0.29, 0.717) is 0 Å². The Morgan fingerprint density at radius 2 is 2.00 bits per heavy atom. The molecule has 0 saturated carbocycles. The number of H-pyrrole nitrogens is 1. The predicted octanol–water partition coefficient (Wildman–Crippen LogP) is 2.27. The van der Waals surface area contributed by atoms with E-state index in [1.165, 1.54) is 11.3 Å². The standard InChI is InChI=1S/C6H9N.CH4/c1-5-3-6(2)7-4-5;/h3-4,7H,1-2H3;1H4. The number of hydrogen-bond acceptors (Lipinski definition) is 0. The van der Waals surface area contributed by atoms with E-state index < -0.39 is 0 Å². The van der Waals surface area contributed by atoms with Crippen molar-refractivity contribution in [1.82, 2.24) is 4.98 Å². The number of aromatic nitrogens is 1. The lowest BCUT2D eigenvalue weighted by molar-refractivity contribution is 1.26. The first-order chi connectivity index (χ1) is 3.29. The van der Waals surface area contributed by atoms with Crippen LogP contribution in [0.1, 0.15) is 18.7 Å². The summed E-state index contributed by atoms with van der Waals surface area (Å²) < 4.78 is 0. The maximum Gasteiger partial charge on any atom is 0.0118 e. The highest BCUT2D eigenvalue weighted by Gasteiger charge is 1.82. The zero-order chi connectivity index (χ0) is 5.28. The molecule has 1 aromatic heterocycles. The van der Waals surface area contributed by atoms with Gasteiger partial charge in [-0.25, -0.2) is 0 Å². The Hall–Kier alpha value is -0.720. The van der Waals surface area contributed by atoms with Crippen LogP contribution in [0.2, 0.25) is 0 Å². The number of aromatic amines is 1. The van der Waals surface area contributed by atoms with Crippen molar-refractivity contribution >= 4 is 0 Å². The first-order valence-electron chi connectivity index (χ1n) is 2.40. The van der Waals surface area contributed by atoms with Crippen LogP contribution in [0.15, 0.2) is 12.3 Å². The third-order valence-electron chi connectivity index (χ3n) is 0.972. The normalized spacial score (nSPS) is 8.25. The molecule has 1 aromatic rings. The third-order valence-corrected chi connectivity index (χ3v) is 0.972. The minimum Gasteiger partial charge on any atom is -0.365 e. The van der Waals surface area contributed by atoms with Crippen molar-refractivity contribution in [2.75, 3.05) is 0 Å². The van der Waals surface area contributed by atoms with Gasteiger partial charge in [0.1, 0.15) is 0 Å². The van der Waals surface area contributed by atoms with Crippen molar-refractivity contribution < 1.29 is 0 Å². The van der Waals surface area contributed by atoms with E-state index in [2.05, 4.69) is 18.0 Å². The van der Waals surface area contributed by atoms with E-state index in [4.69, 9.17) is 0 Å². The number of hydrogen-bond donors (Lipinski definition) is 1. The highest BCUT2D eigenvalue weighted by Crippen LogP contribution is 1.97. The number of rotatable bonds is 0. The molecule has 0 aliphatic heterocycles. The van der Waals surface area contributed by atoms with Gasteiger partial charge in [-0.3, -0.25) is 0 Å². The van der Waals surface area contributed by atoms with Crippen LogP contribution in [0, 0.1) is 13.8 Å². The van der Waals surface area contributed by atoms with Gasteiger partial charge in [0.05, 0.1) is 0 Å². The lowest BCUT2D eigenvalue weighted by Crippen LogP contribution is -1.59. The van der Waals surface area contributed by atoms with Crippen LogP contribution in [0.5, 0.6) is 0 Å². The molecular formula is C7H13N. The summed E-state index contributed by atoms with van der Waals surface area (Å²) >= 11 is 0. The summed E-state index contributed by atoms with van der Waals surface area (Å²) in [7, 11) is 0. The number of nitrogens with one attached hydrogen (secondary N) is 1. The zero-order valence-electron chi connectivity index (χ0n) is 4.65. The second kappa shape index (κ2) is 2.55. The molecule has 46 valence electrons. The quantitative estimate of drug-likeness (QED) is 0.528. The Morgan fingerprint density at radius 3 is 2.12 bits per heavy atom. The summed E-state index contributed by atoms with van der Waals surface area (Å²) in [5.74, 6) is 0. The second-order valence-corrected chi connectivity index (χ2v) is 1.86. The smallest absolute Gasteiger partial charge is 0.0118 e. The molecule has 0 bridgehead atoms. The number of aryl methyl sites for hydroxylation is 2. The van der Waals surface area contributed by atoms with Gasteiger partial charge in [0.25, 0.3) is 0 Å². The van der Waals surface area contributed by atoms with Crippen LogP contribution in [0.4, 0.5) is 0 Å². The largest absolute Gasteiger partial charge is 0.365 e. The molecule has 0 aliphatic carbocycles. The van der Waals surface area contributed by atoms with E-state index in [1.807, 2.05) is 13.1 Å². The molecule has 0 unspecified atom stereocenters. The Kier molecular flexibility index (Phi) is 2.32. The van der Waals surface area contributed by atoms with Gasteiger partial charge in [0, 0.05) is 11.9 Å². The van der Waals surface area contributed by atoms with Crippen LogP contribution >= 0.6 is 0 Å². The molecule has 0 radical (unpaired) electrons. The van der Waals surface area contributed by atoms with Crippen LogP contribution in [-0.2, 0) is 0 Å². The molecule has 0 spiro atoms. The van der Waals surface area contributed by atoms with Crippen molar-refractivity contribution in [1.29, 1.82) is 0 Å². The predicted molar refractivity (Wildman–Crippen MR) is 37.0 cm³/mol. The molecule has 1 rings (SSSR count). The molecule has 0 atom stereocenters. The fourth-order valence-corrected chi connectivity index (χ4v) is 0.653. The van der Waals surface area contributed by atoms with Gasteiger partial charge in [0.2, 0.25) is 0 Å². The average Bonchev–Trinajstić information content (AvgIpc) is 1.87. The summed E-state index contributed by atoms with van der Waals surface area (Å²) in [6, 6.07) is 2.11. The van der Waals surface area contributed by atoms with E-state index in [-0.39, 0.29) is 7.43 Å². The maximum atomic E-state index is 3.07. The Morgan fingerprint density at radius 1 is 1.38 bits per heavy atom. The van der Waals surface area contributed by atoms with E-state index in [0.717, 1.165) is 0 Å². The molecule has 0 amide bonds. The molecule has 0 fully saturated rings. The highest BCUT2D eigenvalue weighted by molar-refractivity contribution is 5.12.